The number of aromatic amines is 1. The van der Waals surface area contributed by atoms with Gasteiger partial charge >= 0.3 is 11.9 Å². The molecule has 2 aromatic carbocycles. The Hall–Kier alpha value is -4.52. The first-order valence-corrected chi connectivity index (χ1v) is 12.3. The Bertz CT molecular complexity index is 1400. The Morgan fingerprint density at radius 3 is 1.97 bits per heavy atom. The van der Waals surface area contributed by atoms with Crippen LogP contribution in [0.5, 0.6) is 0 Å². The van der Waals surface area contributed by atoms with Crippen molar-refractivity contribution in [2.75, 3.05) is 20.0 Å². The summed E-state index contributed by atoms with van der Waals surface area (Å²) in [6.45, 7) is 9.58. The number of nitrogens with one attached hydrogen (secondary N) is 1. The first-order chi connectivity index (χ1) is 18.3. The third kappa shape index (κ3) is 10.4. The summed E-state index contributed by atoms with van der Waals surface area (Å²) >= 11 is 0. The number of nitrogens with two attached hydrogens (primary N) is 1. The van der Waals surface area contributed by atoms with Gasteiger partial charge in [-0.2, -0.15) is 5.26 Å². The monoisotopic (exact) mass is 536 g/mol. The number of aromatic nitrogens is 2. The average Bonchev–Trinajstić information content (AvgIpc) is 2.87. The third-order valence-corrected chi connectivity index (χ3v) is 5.13. The van der Waals surface area contributed by atoms with Crippen LogP contribution in [-0.2, 0) is 15.9 Å². The molecule has 39 heavy (non-hydrogen) atoms. The van der Waals surface area contributed by atoms with Gasteiger partial charge in [0.1, 0.15) is 5.82 Å². The van der Waals surface area contributed by atoms with E-state index in [0.717, 1.165) is 0 Å². The van der Waals surface area contributed by atoms with Crippen molar-refractivity contribution in [3.05, 3.63) is 69.3 Å². The number of methoxy groups -OCH3 is 2. The van der Waals surface area contributed by atoms with Crippen molar-refractivity contribution >= 4 is 34.3 Å². The van der Waals surface area contributed by atoms with Gasteiger partial charge in [-0.1, -0.05) is 27.7 Å². The number of nitriles is 1. The molecule has 10 heteroatoms. The van der Waals surface area contributed by atoms with E-state index >= 15 is 0 Å². The number of hydrogen-bond donors (Lipinski definition) is 2. The SMILES string of the molecule is CC(C)CC#N.COC(=O)c1ccc(C(C)=O)c(N)c1.COC(=O)c1ccc2c(=O)[nH]c(CC(C)C)nc2c1. The number of fused-ring (bicyclic) bond motifs is 1. The molecule has 0 saturated carbocycles. The van der Waals surface area contributed by atoms with Crippen LogP contribution in [0.4, 0.5) is 5.69 Å². The van der Waals surface area contributed by atoms with Crippen molar-refractivity contribution < 1.29 is 23.9 Å². The second-order valence-electron chi connectivity index (χ2n) is 9.44. The van der Waals surface area contributed by atoms with Gasteiger partial charge in [-0.3, -0.25) is 9.59 Å². The molecule has 0 aliphatic rings. The Kier molecular flexibility index (Phi) is 13.1. The van der Waals surface area contributed by atoms with E-state index in [2.05, 4.69) is 39.4 Å². The Labute approximate surface area is 228 Å². The number of nitrogen functional groups attached to an aromatic ring is 1. The zero-order valence-corrected chi connectivity index (χ0v) is 23.5. The van der Waals surface area contributed by atoms with Gasteiger partial charge in [0.15, 0.2) is 5.78 Å². The first kappa shape index (κ1) is 32.5. The maximum absolute atomic E-state index is 11.9. The molecule has 3 rings (SSSR count). The van der Waals surface area contributed by atoms with Gasteiger partial charge in [-0.25, -0.2) is 14.6 Å². The van der Waals surface area contributed by atoms with Crippen molar-refractivity contribution in [2.45, 2.75) is 47.5 Å². The number of hydrogen-bond acceptors (Lipinski definition) is 9. The molecule has 0 radical (unpaired) electrons. The number of anilines is 1. The van der Waals surface area contributed by atoms with E-state index in [9.17, 15) is 19.2 Å². The molecule has 1 aromatic heterocycles. The van der Waals surface area contributed by atoms with Gasteiger partial charge in [-0.15, -0.1) is 0 Å². The predicted molar refractivity (Wildman–Crippen MR) is 150 cm³/mol. The summed E-state index contributed by atoms with van der Waals surface area (Å²) in [6, 6.07) is 11.3. The zero-order chi connectivity index (χ0) is 29.7. The van der Waals surface area contributed by atoms with Gasteiger partial charge in [-0.05, 0) is 55.2 Å². The summed E-state index contributed by atoms with van der Waals surface area (Å²) in [4.78, 5) is 52.6. The van der Waals surface area contributed by atoms with E-state index in [1.807, 2.05) is 13.8 Å². The summed E-state index contributed by atoms with van der Waals surface area (Å²) in [5.74, 6) is 0.536. The summed E-state index contributed by atoms with van der Waals surface area (Å²) in [7, 11) is 2.61. The van der Waals surface area contributed by atoms with Crippen LogP contribution in [0.1, 0.15) is 77.9 Å². The fourth-order valence-corrected chi connectivity index (χ4v) is 3.23. The van der Waals surface area contributed by atoms with Crippen molar-refractivity contribution in [2.24, 2.45) is 11.8 Å². The van der Waals surface area contributed by atoms with Crippen LogP contribution < -0.4 is 11.3 Å². The van der Waals surface area contributed by atoms with E-state index < -0.39 is 11.9 Å². The second-order valence-corrected chi connectivity index (χ2v) is 9.44. The summed E-state index contributed by atoms with van der Waals surface area (Å²) in [5, 5.41) is 8.46. The summed E-state index contributed by atoms with van der Waals surface area (Å²) in [5.41, 5.74) is 7.36. The normalized spacial score (nSPS) is 10.1. The van der Waals surface area contributed by atoms with Gasteiger partial charge in [0.25, 0.3) is 5.56 Å². The molecule has 0 aliphatic carbocycles. The quantitative estimate of drug-likeness (QED) is 0.257. The minimum absolute atomic E-state index is 0.126. The molecule has 3 N–H and O–H groups in total. The highest BCUT2D eigenvalue weighted by Gasteiger charge is 2.11. The smallest absolute Gasteiger partial charge is 0.337 e. The van der Waals surface area contributed by atoms with Gasteiger partial charge in [0.05, 0.1) is 42.3 Å². The molecule has 3 aromatic rings. The highest BCUT2D eigenvalue weighted by molar-refractivity contribution is 6.01. The lowest BCUT2D eigenvalue weighted by molar-refractivity contribution is 0.0592. The molecule has 0 atom stereocenters. The van der Waals surface area contributed by atoms with Crippen LogP contribution in [0.3, 0.4) is 0 Å². The van der Waals surface area contributed by atoms with E-state index in [1.54, 1.807) is 18.2 Å². The minimum Gasteiger partial charge on any atom is -0.465 e. The number of carbonyl (C=O) groups is 3. The highest BCUT2D eigenvalue weighted by Crippen LogP contribution is 2.15. The average molecular weight is 537 g/mol. The molecule has 208 valence electrons. The number of nitrogens with zero attached hydrogens (tertiary/aromatic N) is 2. The number of carbonyl (C=O) groups excluding carboxylic acids is 3. The maximum atomic E-state index is 11.9. The van der Waals surface area contributed by atoms with Gasteiger partial charge in [0.2, 0.25) is 0 Å². The fraction of sp³-hybridized carbons (Fsp3) is 0.379. The maximum Gasteiger partial charge on any atom is 0.337 e. The van der Waals surface area contributed by atoms with Crippen LogP contribution in [0.2, 0.25) is 0 Å². The molecule has 10 nitrogen and oxygen atoms in total. The second kappa shape index (κ2) is 15.7. The number of ether oxygens (including phenoxy) is 2. The Balaban J connectivity index is 0.000000334. The van der Waals surface area contributed by atoms with Crippen LogP contribution in [0.25, 0.3) is 10.9 Å². The molecule has 0 bridgehead atoms. The van der Waals surface area contributed by atoms with Crippen molar-refractivity contribution in [3.63, 3.8) is 0 Å². The molecule has 0 unspecified atom stereocenters. The van der Waals surface area contributed by atoms with E-state index in [-0.39, 0.29) is 11.3 Å². The minimum atomic E-state index is -0.466. The van der Waals surface area contributed by atoms with Crippen molar-refractivity contribution in [3.8, 4) is 6.07 Å². The number of ketones is 1. The highest BCUT2D eigenvalue weighted by atomic mass is 16.5. The van der Waals surface area contributed by atoms with E-state index in [0.29, 0.717) is 63.8 Å². The molecule has 0 aliphatic heterocycles. The predicted octanol–water partition coefficient (Wildman–Crippen LogP) is 4.72. The number of benzene rings is 2. The molecule has 1 heterocycles. The lowest BCUT2D eigenvalue weighted by Crippen LogP contribution is -2.14. The lowest BCUT2D eigenvalue weighted by Gasteiger charge is -2.06. The van der Waals surface area contributed by atoms with Crippen LogP contribution in [0.15, 0.2) is 41.2 Å². The molecule has 0 fully saturated rings. The molecule has 0 amide bonds. The van der Waals surface area contributed by atoms with Crippen molar-refractivity contribution in [1.82, 2.24) is 9.97 Å². The van der Waals surface area contributed by atoms with Crippen molar-refractivity contribution in [1.29, 1.82) is 5.26 Å². The van der Waals surface area contributed by atoms with E-state index in [4.69, 9.17) is 11.0 Å². The fourth-order valence-electron chi connectivity index (χ4n) is 3.23. The largest absolute Gasteiger partial charge is 0.465 e. The molecular weight excluding hydrogens is 500 g/mol. The lowest BCUT2D eigenvalue weighted by atomic mass is 10.1. The van der Waals surface area contributed by atoms with Crippen LogP contribution >= 0.6 is 0 Å². The Morgan fingerprint density at radius 2 is 1.54 bits per heavy atom. The third-order valence-electron chi connectivity index (χ3n) is 5.13. The number of rotatable bonds is 6. The zero-order valence-electron chi connectivity index (χ0n) is 23.5. The number of esters is 2. The summed E-state index contributed by atoms with van der Waals surface area (Å²) in [6.07, 6.45) is 1.37. The van der Waals surface area contributed by atoms with Crippen LogP contribution in [0, 0.1) is 23.2 Å². The van der Waals surface area contributed by atoms with Gasteiger partial charge < -0.3 is 20.2 Å². The molecular formula is C29H36N4O6. The first-order valence-electron chi connectivity index (χ1n) is 12.3. The number of Topliss-reactive ketones (excluding diaryl/α,β-unsaturated/α-hetero) is 1. The topological polar surface area (TPSA) is 165 Å². The molecule has 0 spiro atoms. The molecule has 0 saturated heterocycles. The standard InChI is InChI=1S/C14H16N2O3.C10H11NO3.C5H9N/c1-8(2)6-12-15-11-7-9(14(18)19-3)4-5-10(11)13(17)16-12;1-6(12)8-4-3-7(5-9(8)11)10(13)14-2;1-5(2)3-4-6/h4-5,7-8H,6H2,1-3H3,(H,15,16,17);3-5H,11H2,1-2H3;5H,3H2,1-2H3. The summed E-state index contributed by atoms with van der Waals surface area (Å²) < 4.78 is 9.17. The van der Waals surface area contributed by atoms with Crippen LogP contribution in [-0.4, -0.2) is 41.9 Å². The number of H-pyrrole nitrogens is 1. The van der Waals surface area contributed by atoms with Gasteiger partial charge in [0, 0.05) is 24.1 Å². The van der Waals surface area contributed by atoms with E-state index in [1.165, 1.54) is 39.3 Å². The Morgan fingerprint density at radius 1 is 0.974 bits per heavy atom.